The minimum Gasteiger partial charge on any atom is -0.366 e. The van der Waals surface area contributed by atoms with E-state index >= 15 is 0 Å². The maximum Gasteiger partial charge on any atom is 0.310 e. The summed E-state index contributed by atoms with van der Waals surface area (Å²) in [7, 11) is 1.94. The molecule has 0 bridgehead atoms. The van der Waals surface area contributed by atoms with Crippen LogP contribution in [0.5, 0.6) is 0 Å². The van der Waals surface area contributed by atoms with Gasteiger partial charge in [-0.2, -0.15) is 0 Å². The third kappa shape index (κ3) is 2.76. The lowest BCUT2D eigenvalue weighted by atomic mass is 9.97. The molecular weight excluding hydrogens is 232 g/mol. The van der Waals surface area contributed by atoms with Crippen LogP contribution in [0.2, 0.25) is 0 Å². The van der Waals surface area contributed by atoms with E-state index in [0.717, 1.165) is 26.1 Å². The number of hydrogen-bond acceptors (Lipinski definition) is 5. The molecule has 18 heavy (non-hydrogen) atoms. The van der Waals surface area contributed by atoms with Crippen LogP contribution >= 0.6 is 0 Å². The van der Waals surface area contributed by atoms with Crippen LogP contribution in [0.25, 0.3) is 0 Å². The fourth-order valence-corrected chi connectivity index (χ4v) is 2.53. The lowest BCUT2D eigenvalue weighted by Crippen LogP contribution is -2.39. The van der Waals surface area contributed by atoms with Crippen molar-refractivity contribution in [2.75, 3.05) is 31.6 Å². The van der Waals surface area contributed by atoms with Crippen molar-refractivity contribution < 1.29 is 4.92 Å². The first-order valence-electron chi connectivity index (χ1n) is 6.20. The van der Waals surface area contributed by atoms with Crippen molar-refractivity contribution in [1.29, 1.82) is 0 Å². The topological polar surface area (TPSA) is 71.3 Å². The number of anilines is 1. The molecule has 2 heterocycles. The third-order valence-corrected chi connectivity index (χ3v) is 3.33. The molecule has 1 N–H and O–H groups in total. The van der Waals surface area contributed by atoms with E-state index in [1.807, 2.05) is 7.05 Å². The Kier molecular flexibility index (Phi) is 4.09. The summed E-state index contributed by atoms with van der Waals surface area (Å²) in [5.41, 5.74) is 0.790. The van der Waals surface area contributed by atoms with Crippen LogP contribution in [0.1, 0.15) is 12.8 Å². The molecule has 98 valence electrons. The normalized spacial score (nSPS) is 19.8. The summed E-state index contributed by atoms with van der Waals surface area (Å²) in [6.45, 7) is 2.70. The Morgan fingerprint density at radius 2 is 2.50 bits per heavy atom. The minimum atomic E-state index is -0.357. The van der Waals surface area contributed by atoms with E-state index in [2.05, 4.69) is 15.2 Å². The maximum atomic E-state index is 11.0. The summed E-state index contributed by atoms with van der Waals surface area (Å²) < 4.78 is 0. The van der Waals surface area contributed by atoms with Crippen molar-refractivity contribution in [3.8, 4) is 0 Å². The van der Waals surface area contributed by atoms with Crippen molar-refractivity contribution in [1.82, 2.24) is 10.3 Å². The summed E-state index contributed by atoms with van der Waals surface area (Å²) in [4.78, 5) is 16.6. The fraction of sp³-hybridized carbons (Fsp3) is 0.583. The van der Waals surface area contributed by atoms with Gasteiger partial charge in [0.05, 0.1) is 4.92 Å². The summed E-state index contributed by atoms with van der Waals surface area (Å²) in [5.74, 6) is 0.552. The Labute approximate surface area is 106 Å². The van der Waals surface area contributed by atoms with E-state index < -0.39 is 0 Å². The van der Waals surface area contributed by atoms with Crippen molar-refractivity contribution in [3.05, 3.63) is 28.6 Å². The van der Waals surface area contributed by atoms with Crippen LogP contribution in [-0.2, 0) is 0 Å². The summed E-state index contributed by atoms with van der Waals surface area (Å²) in [5, 5.41) is 14.2. The number of pyridine rings is 1. The molecule has 0 amide bonds. The van der Waals surface area contributed by atoms with Crippen molar-refractivity contribution in [2.45, 2.75) is 12.8 Å². The van der Waals surface area contributed by atoms with Crippen LogP contribution in [0, 0.1) is 16.0 Å². The first-order chi connectivity index (χ1) is 8.72. The van der Waals surface area contributed by atoms with Gasteiger partial charge in [-0.1, -0.05) is 0 Å². The molecule has 1 aliphatic rings. The highest BCUT2D eigenvalue weighted by Gasteiger charge is 2.24. The molecule has 1 aromatic rings. The predicted molar refractivity (Wildman–Crippen MR) is 69.8 cm³/mol. The number of nitro groups is 1. The Bertz CT molecular complexity index is 422. The zero-order valence-corrected chi connectivity index (χ0v) is 10.5. The van der Waals surface area contributed by atoms with E-state index in [-0.39, 0.29) is 10.6 Å². The first-order valence-corrected chi connectivity index (χ1v) is 6.20. The molecule has 1 unspecified atom stereocenters. The van der Waals surface area contributed by atoms with Crippen molar-refractivity contribution >= 4 is 11.4 Å². The standard InChI is InChI=1S/C12H18N4O2/c1-13-7-10-3-2-6-15(9-10)11-4-5-14-8-12(11)16(17)18/h4-5,8,10,13H,2-3,6-7,9H2,1H3. The first kappa shape index (κ1) is 12.8. The van der Waals surface area contributed by atoms with Crippen LogP contribution in [0.4, 0.5) is 11.4 Å². The molecule has 0 saturated carbocycles. The molecule has 1 aliphatic heterocycles. The number of piperidine rings is 1. The SMILES string of the molecule is CNCC1CCCN(c2ccncc2[N+](=O)[O-])C1. The van der Waals surface area contributed by atoms with E-state index in [1.54, 1.807) is 12.3 Å². The lowest BCUT2D eigenvalue weighted by molar-refractivity contribution is -0.384. The van der Waals surface area contributed by atoms with E-state index in [4.69, 9.17) is 0 Å². The second kappa shape index (κ2) is 5.77. The summed E-state index contributed by atoms with van der Waals surface area (Å²) in [6, 6.07) is 1.74. The lowest BCUT2D eigenvalue weighted by Gasteiger charge is -2.33. The van der Waals surface area contributed by atoms with Crippen LogP contribution in [0.3, 0.4) is 0 Å². The van der Waals surface area contributed by atoms with Crippen LogP contribution in [-0.4, -0.2) is 36.6 Å². The van der Waals surface area contributed by atoms with Gasteiger partial charge in [0.2, 0.25) is 0 Å². The fourth-order valence-electron chi connectivity index (χ4n) is 2.53. The van der Waals surface area contributed by atoms with E-state index in [9.17, 15) is 10.1 Å². The Morgan fingerprint density at radius 3 is 3.22 bits per heavy atom. The highest BCUT2D eigenvalue weighted by atomic mass is 16.6. The van der Waals surface area contributed by atoms with Gasteiger partial charge in [0.15, 0.2) is 0 Å². The quantitative estimate of drug-likeness (QED) is 0.646. The molecule has 0 aliphatic carbocycles. The Balaban J connectivity index is 2.18. The number of nitrogens with zero attached hydrogens (tertiary/aromatic N) is 3. The zero-order chi connectivity index (χ0) is 13.0. The number of nitrogens with one attached hydrogen (secondary N) is 1. The van der Waals surface area contributed by atoms with E-state index in [1.165, 1.54) is 12.6 Å². The van der Waals surface area contributed by atoms with Crippen LogP contribution in [0.15, 0.2) is 18.5 Å². The maximum absolute atomic E-state index is 11.0. The number of rotatable bonds is 4. The molecular formula is C12H18N4O2. The van der Waals surface area contributed by atoms with E-state index in [0.29, 0.717) is 11.6 Å². The predicted octanol–water partition coefficient (Wildman–Crippen LogP) is 1.43. The van der Waals surface area contributed by atoms with Crippen molar-refractivity contribution in [3.63, 3.8) is 0 Å². The van der Waals surface area contributed by atoms with Gasteiger partial charge in [0.1, 0.15) is 11.9 Å². The van der Waals surface area contributed by atoms with Crippen molar-refractivity contribution in [2.24, 2.45) is 5.92 Å². The minimum absolute atomic E-state index is 0.0996. The largest absolute Gasteiger partial charge is 0.366 e. The van der Waals surface area contributed by atoms with Gasteiger partial charge in [-0.15, -0.1) is 0 Å². The summed E-state index contributed by atoms with van der Waals surface area (Å²) >= 11 is 0. The molecule has 6 heteroatoms. The Morgan fingerprint density at radius 1 is 1.67 bits per heavy atom. The second-order valence-electron chi connectivity index (χ2n) is 4.63. The van der Waals surface area contributed by atoms with Gasteiger partial charge in [-0.05, 0) is 38.4 Å². The number of hydrogen-bond donors (Lipinski definition) is 1. The van der Waals surface area contributed by atoms with Gasteiger partial charge in [-0.25, -0.2) is 0 Å². The molecule has 2 rings (SSSR count). The van der Waals surface area contributed by atoms with Gasteiger partial charge in [0.25, 0.3) is 0 Å². The smallest absolute Gasteiger partial charge is 0.310 e. The molecule has 1 atom stereocenters. The highest BCUT2D eigenvalue weighted by molar-refractivity contribution is 5.61. The molecule has 0 aromatic carbocycles. The molecule has 1 saturated heterocycles. The van der Waals surface area contributed by atoms with Gasteiger partial charge >= 0.3 is 5.69 Å². The zero-order valence-electron chi connectivity index (χ0n) is 10.5. The molecule has 1 fully saturated rings. The van der Waals surface area contributed by atoms with Gasteiger partial charge in [0, 0.05) is 19.3 Å². The average molecular weight is 250 g/mol. The highest BCUT2D eigenvalue weighted by Crippen LogP contribution is 2.30. The molecule has 1 aromatic heterocycles. The van der Waals surface area contributed by atoms with Crippen LogP contribution < -0.4 is 10.2 Å². The Hall–Kier alpha value is -1.69. The molecule has 0 radical (unpaired) electrons. The monoisotopic (exact) mass is 250 g/mol. The molecule has 0 spiro atoms. The van der Waals surface area contributed by atoms with Gasteiger partial charge < -0.3 is 10.2 Å². The molecule has 6 nitrogen and oxygen atoms in total. The summed E-state index contributed by atoms with van der Waals surface area (Å²) in [6.07, 6.45) is 5.20. The third-order valence-electron chi connectivity index (χ3n) is 3.33. The van der Waals surface area contributed by atoms with Gasteiger partial charge in [-0.3, -0.25) is 15.1 Å². The average Bonchev–Trinajstić information content (AvgIpc) is 2.39. The number of aromatic nitrogens is 1. The second-order valence-corrected chi connectivity index (χ2v) is 4.63.